The van der Waals surface area contributed by atoms with Crippen LogP contribution in [0.4, 0.5) is 0 Å². The smallest absolute Gasteiger partial charge is 0.335 e. The second kappa shape index (κ2) is 6.13. The van der Waals surface area contributed by atoms with Gasteiger partial charge in [0.25, 0.3) is 0 Å². The topological polar surface area (TPSA) is 54.4 Å². The van der Waals surface area contributed by atoms with E-state index in [9.17, 15) is 9.59 Å². The summed E-state index contributed by atoms with van der Waals surface area (Å²) in [5.41, 5.74) is 0.331. The Balaban J connectivity index is 0.000000160. The highest BCUT2D eigenvalue weighted by Crippen LogP contribution is 2.74. The molecule has 1 aromatic rings. The predicted octanol–water partition coefficient (Wildman–Crippen LogP) is 5.27. The summed E-state index contributed by atoms with van der Waals surface area (Å²) in [5, 5.41) is 8.96. The number of benzene rings is 1. The molecule has 3 saturated carbocycles. The molecule has 138 valence electrons. The molecule has 3 nitrogen and oxygen atoms in total. The van der Waals surface area contributed by atoms with Crippen molar-refractivity contribution in [3.8, 4) is 0 Å². The van der Waals surface area contributed by atoms with Crippen LogP contribution in [0.15, 0.2) is 40.4 Å². The molecule has 0 radical (unpaired) electrons. The van der Waals surface area contributed by atoms with E-state index >= 15 is 0 Å². The van der Waals surface area contributed by atoms with Crippen LogP contribution in [-0.2, 0) is 4.79 Å². The first kappa shape index (κ1) is 18.6. The first-order chi connectivity index (χ1) is 12.2. The third kappa shape index (κ3) is 2.21. The number of halogens is 4. The van der Waals surface area contributed by atoms with Crippen LogP contribution in [0.5, 0.6) is 0 Å². The van der Waals surface area contributed by atoms with Gasteiger partial charge in [0.15, 0.2) is 5.78 Å². The summed E-state index contributed by atoms with van der Waals surface area (Å²) in [7, 11) is 0. The molecule has 4 aliphatic carbocycles. The molecule has 0 spiro atoms. The van der Waals surface area contributed by atoms with E-state index in [1.54, 1.807) is 30.3 Å². The number of allylic oxidation sites excluding steroid dienone is 2. The first-order valence-electron chi connectivity index (χ1n) is 8.51. The molecule has 26 heavy (non-hydrogen) atoms. The highest BCUT2D eigenvalue weighted by Gasteiger charge is 2.79. The molecule has 0 aromatic heterocycles. The molecule has 1 N–H and O–H groups in total. The number of hydrogen-bond donors (Lipinski definition) is 1. The van der Waals surface area contributed by atoms with Crippen LogP contribution in [0.25, 0.3) is 0 Å². The van der Waals surface area contributed by atoms with Crippen molar-refractivity contribution in [2.45, 2.75) is 29.0 Å². The second-order valence-electron chi connectivity index (χ2n) is 7.44. The molecule has 3 fully saturated rings. The fourth-order valence-corrected chi connectivity index (χ4v) is 7.38. The molecule has 0 amide bonds. The minimum Gasteiger partial charge on any atom is -0.478 e. The van der Waals surface area contributed by atoms with E-state index in [0.717, 1.165) is 19.3 Å². The van der Waals surface area contributed by atoms with Crippen molar-refractivity contribution in [3.05, 3.63) is 46.0 Å². The van der Waals surface area contributed by atoms with Gasteiger partial charge in [0.05, 0.1) is 15.6 Å². The molecule has 6 unspecified atom stereocenters. The Labute approximate surface area is 171 Å². The summed E-state index contributed by atoms with van der Waals surface area (Å²) in [6.45, 7) is 0. The summed E-state index contributed by atoms with van der Waals surface area (Å²) in [4.78, 5) is 20.5. The number of fused-ring (bicyclic) bond motifs is 9. The highest BCUT2D eigenvalue weighted by molar-refractivity contribution is 6.62. The van der Waals surface area contributed by atoms with Crippen molar-refractivity contribution in [2.75, 3.05) is 0 Å². The molecule has 5 rings (SSSR count). The molecule has 0 heterocycles. The number of Topliss-reactive ketones (excluding diaryl/α,β-unsaturated/α-hetero) is 1. The lowest BCUT2D eigenvalue weighted by Crippen LogP contribution is -2.40. The number of rotatable bonds is 1. The number of alkyl halides is 2. The van der Waals surface area contributed by atoms with E-state index in [-0.39, 0.29) is 27.7 Å². The fourth-order valence-electron chi connectivity index (χ4n) is 5.40. The van der Waals surface area contributed by atoms with E-state index in [0.29, 0.717) is 17.4 Å². The molecule has 4 aliphatic rings. The summed E-state index contributed by atoms with van der Waals surface area (Å²) in [6.07, 6.45) is 3.41. The maximum Gasteiger partial charge on any atom is 0.335 e. The Hall–Kier alpha value is -0.740. The van der Waals surface area contributed by atoms with Gasteiger partial charge < -0.3 is 5.11 Å². The zero-order valence-corrected chi connectivity index (χ0v) is 16.6. The fraction of sp³-hybridized carbons (Fsp3) is 0.474. The van der Waals surface area contributed by atoms with Gasteiger partial charge in [-0.2, -0.15) is 0 Å². The number of carboxylic acids is 1. The number of aromatic carboxylic acids is 1. The van der Waals surface area contributed by atoms with E-state index in [1.165, 1.54) is 0 Å². The molecule has 6 atom stereocenters. The lowest BCUT2D eigenvalue weighted by Gasteiger charge is -2.38. The van der Waals surface area contributed by atoms with Crippen LogP contribution in [0.2, 0.25) is 0 Å². The van der Waals surface area contributed by atoms with Crippen LogP contribution in [0.1, 0.15) is 29.6 Å². The van der Waals surface area contributed by atoms with Gasteiger partial charge in [-0.3, -0.25) is 4.79 Å². The molecular weight excluding hydrogens is 418 g/mol. The van der Waals surface area contributed by atoms with Gasteiger partial charge in [-0.1, -0.05) is 41.4 Å². The van der Waals surface area contributed by atoms with Crippen molar-refractivity contribution in [2.24, 2.45) is 23.7 Å². The lowest BCUT2D eigenvalue weighted by atomic mass is 9.73. The van der Waals surface area contributed by atoms with Crippen LogP contribution >= 0.6 is 46.4 Å². The summed E-state index contributed by atoms with van der Waals surface area (Å²) >= 11 is 25.5. The largest absolute Gasteiger partial charge is 0.478 e. The summed E-state index contributed by atoms with van der Waals surface area (Å²) < 4.78 is 0. The average Bonchev–Trinajstić information content (AvgIpc) is 3.33. The van der Waals surface area contributed by atoms with E-state index < -0.39 is 15.7 Å². The van der Waals surface area contributed by atoms with Gasteiger partial charge in [0, 0.05) is 0 Å². The Morgan fingerprint density at radius 2 is 1.42 bits per heavy atom. The standard InChI is InChI=1S/C12H10Cl4O.C7H6O2/c13-8-9(14)12(16)7-5-2-1-4(3-5)6(7)11(8,15)10(12)17;8-7(9)6-4-2-1-3-5-6/h4-7H,1-3H2;1-5H,(H,8,9). The molecule has 1 aromatic carbocycles. The normalized spacial score (nSPS) is 41.9. The van der Waals surface area contributed by atoms with Gasteiger partial charge in [-0.05, 0) is 55.1 Å². The average molecular weight is 434 g/mol. The summed E-state index contributed by atoms with van der Waals surface area (Å²) in [5.74, 6) is 0.132. The third-order valence-electron chi connectivity index (χ3n) is 6.35. The van der Waals surface area contributed by atoms with Crippen LogP contribution in [-0.4, -0.2) is 26.6 Å². The molecule has 0 aliphatic heterocycles. The zero-order chi connectivity index (χ0) is 18.9. The van der Waals surface area contributed by atoms with Crippen LogP contribution < -0.4 is 0 Å². The molecule has 4 bridgehead atoms. The Morgan fingerprint density at radius 3 is 1.81 bits per heavy atom. The zero-order valence-electron chi connectivity index (χ0n) is 13.6. The van der Waals surface area contributed by atoms with Crippen molar-refractivity contribution in [3.63, 3.8) is 0 Å². The quantitative estimate of drug-likeness (QED) is 0.484. The molecular formula is C19H16Cl4O3. The van der Waals surface area contributed by atoms with Crippen molar-refractivity contribution < 1.29 is 14.7 Å². The predicted molar refractivity (Wildman–Crippen MR) is 102 cm³/mol. The number of carboxylic acid groups (broad SMARTS) is 1. The molecule has 7 heteroatoms. The van der Waals surface area contributed by atoms with Crippen molar-refractivity contribution >= 4 is 58.2 Å². The molecule has 0 saturated heterocycles. The number of ketones is 1. The highest BCUT2D eigenvalue weighted by atomic mass is 35.5. The maximum atomic E-state index is 12.5. The monoisotopic (exact) mass is 432 g/mol. The summed E-state index contributed by atoms with van der Waals surface area (Å²) in [6, 6.07) is 8.30. The Bertz CT molecular complexity index is 783. The van der Waals surface area contributed by atoms with Gasteiger partial charge in [-0.15, -0.1) is 23.2 Å². The van der Waals surface area contributed by atoms with Gasteiger partial charge in [-0.25, -0.2) is 4.79 Å². The number of hydrogen-bond acceptors (Lipinski definition) is 2. The maximum absolute atomic E-state index is 12.5. The Morgan fingerprint density at radius 1 is 0.962 bits per heavy atom. The third-order valence-corrected chi connectivity index (χ3v) is 8.84. The van der Waals surface area contributed by atoms with E-state index in [2.05, 4.69) is 0 Å². The van der Waals surface area contributed by atoms with Crippen LogP contribution in [0, 0.1) is 23.7 Å². The van der Waals surface area contributed by atoms with Crippen LogP contribution in [0.3, 0.4) is 0 Å². The lowest BCUT2D eigenvalue weighted by molar-refractivity contribution is -0.120. The van der Waals surface area contributed by atoms with Crippen molar-refractivity contribution in [1.29, 1.82) is 0 Å². The minimum absolute atomic E-state index is 0.0999. The number of carbonyl (C=O) groups excluding carboxylic acids is 1. The minimum atomic E-state index is -1.12. The van der Waals surface area contributed by atoms with E-state index in [4.69, 9.17) is 51.5 Å². The van der Waals surface area contributed by atoms with Gasteiger partial charge in [0.2, 0.25) is 0 Å². The number of carbonyl (C=O) groups is 2. The SMILES string of the molecule is O=C(O)c1ccccc1.O=C1C2(Cl)C(Cl)=C(Cl)C1(Cl)C1C3CCC(C3)C12. The Kier molecular flexibility index (Phi) is 4.39. The van der Waals surface area contributed by atoms with Gasteiger partial charge >= 0.3 is 5.97 Å². The van der Waals surface area contributed by atoms with E-state index in [1.807, 2.05) is 0 Å². The van der Waals surface area contributed by atoms with Gasteiger partial charge in [0.1, 0.15) is 9.75 Å². The van der Waals surface area contributed by atoms with Crippen molar-refractivity contribution in [1.82, 2.24) is 0 Å². The second-order valence-corrected chi connectivity index (χ2v) is 9.38. The first-order valence-corrected chi connectivity index (χ1v) is 10.0.